The number of hydrogen-bond acceptors (Lipinski definition) is 6. The van der Waals surface area contributed by atoms with Crippen LogP contribution in [0.1, 0.15) is 24.2 Å². The van der Waals surface area contributed by atoms with E-state index in [1.54, 1.807) is 29.8 Å². The highest BCUT2D eigenvalue weighted by Crippen LogP contribution is 2.32. The Morgan fingerprint density at radius 1 is 1.03 bits per heavy atom. The number of aromatic nitrogens is 3. The van der Waals surface area contributed by atoms with Gasteiger partial charge in [-0.1, -0.05) is 17.8 Å². The highest BCUT2D eigenvalue weighted by Gasteiger charge is 2.31. The molecule has 11 heteroatoms. The number of aryl methyl sites for hydroxylation is 1. The lowest BCUT2D eigenvalue weighted by atomic mass is 10.1. The molecule has 2 aromatic carbocycles. The maximum atomic E-state index is 13.0. The van der Waals surface area contributed by atoms with Crippen molar-refractivity contribution in [1.82, 2.24) is 19.7 Å². The number of ether oxygens (including phenoxy) is 1. The molecule has 7 nitrogen and oxygen atoms in total. The zero-order valence-electron chi connectivity index (χ0n) is 20.2. The fourth-order valence-corrected chi connectivity index (χ4v) is 5.04. The molecular weight excluding hydrogens is 491 g/mol. The maximum absolute atomic E-state index is 13.0. The van der Waals surface area contributed by atoms with Gasteiger partial charge in [0.2, 0.25) is 5.91 Å². The fraction of sp³-hybridized carbons (Fsp3) is 0.400. The molecule has 0 aliphatic carbocycles. The van der Waals surface area contributed by atoms with Crippen LogP contribution in [0.3, 0.4) is 0 Å². The Hall–Kier alpha value is -3.21. The van der Waals surface area contributed by atoms with Crippen LogP contribution in [-0.4, -0.2) is 64.6 Å². The molecule has 0 N–H and O–H groups in total. The van der Waals surface area contributed by atoms with Gasteiger partial charge < -0.3 is 14.5 Å². The standard InChI is InChI=1S/C25H28F3N5O2S/c1-18-29-30-24(33(18)20-8-10-22(35-2)11-9-20)36-16-4-7-23(34)32-14-12-31(13-15-32)21-6-3-5-19(17-21)25(26,27)28/h3,5-6,8-11,17H,4,7,12-16H2,1-2H3. The van der Waals surface area contributed by atoms with Gasteiger partial charge in [-0.2, -0.15) is 13.2 Å². The Morgan fingerprint density at radius 3 is 2.42 bits per heavy atom. The zero-order chi connectivity index (χ0) is 25.7. The van der Waals surface area contributed by atoms with E-state index in [-0.39, 0.29) is 5.91 Å². The molecule has 2 heterocycles. The summed E-state index contributed by atoms with van der Waals surface area (Å²) in [6, 6.07) is 13.0. The third-order valence-corrected chi connectivity index (χ3v) is 7.08. The molecule has 0 spiro atoms. The number of carbonyl (C=O) groups is 1. The van der Waals surface area contributed by atoms with Gasteiger partial charge in [-0.15, -0.1) is 10.2 Å². The van der Waals surface area contributed by atoms with Gasteiger partial charge in [0.15, 0.2) is 5.16 Å². The van der Waals surface area contributed by atoms with Crippen molar-refractivity contribution in [3.63, 3.8) is 0 Å². The Balaban J connectivity index is 1.24. The third-order valence-electron chi connectivity index (χ3n) is 6.06. The average Bonchev–Trinajstić information content (AvgIpc) is 3.26. The number of thioether (sulfide) groups is 1. The van der Waals surface area contributed by atoms with Gasteiger partial charge in [0.25, 0.3) is 0 Å². The highest BCUT2D eigenvalue weighted by molar-refractivity contribution is 7.99. The van der Waals surface area contributed by atoms with Crippen molar-refractivity contribution in [3.8, 4) is 11.4 Å². The van der Waals surface area contributed by atoms with Crippen LogP contribution < -0.4 is 9.64 Å². The average molecular weight is 520 g/mol. The summed E-state index contributed by atoms with van der Waals surface area (Å²) in [5.74, 6) is 2.32. The first-order chi connectivity index (χ1) is 17.3. The lowest BCUT2D eigenvalue weighted by Gasteiger charge is -2.36. The van der Waals surface area contributed by atoms with Crippen LogP contribution in [-0.2, 0) is 11.0 Å². The number of methoxy groups -OCH3 is 1. The van der Waals surface area contributed by atoms with E-state index in [1.807, 2.05) is 40.7 Å². The summed E-state index contributed by atoms with van der Waals surface area (Å²) >= 11 is 1.55. The molecular formula is C25H28F3N5O2S. The minimum Gasteiger partial charge on any atom is -0.497 e. The quantitative estimate of drug-likeness (QED) is 0.314. The molecule has 1 aliphatic heterocycles. The number of rotatable bonds is 8. The predicted molar refractivity (Wildman–Crippen MR) is 133 cm³/mol. The van der Waals surface area contributed by atoms with Gasteiger partial charge >= 0.3 is 6.18 Å². The number of piperazine rings is 1. The number of carbonyl (C=O) groups excluding carboxylic acids is 1. The molecule has 36 heavy (non-hydrogen) atoms. The summed E-state index contributed by atoms with van der Waals surface area (Å²) in [4.78, 5) is 16.4. The van der Waals surface area contributed by atoms with Gasteiger partial charge in [0.05, 0.1) is 12.7 Å². The normalized spacial score (nSPS) is 14.2. The molecule has 4 rings (SSSR count). The summed E-state index contributed by atoms with van der Waals surface area (Å²) in [5.41, 5.74) is 0.814. The van der Waals surface area contributed by atoms with Crippen molar-refractivity contribution in [1.29, 1.82) is 0 Å². The molecule has 1 aliphatic rings. The van der Waals surface area contributed by atoms with E-state index < -0.39 is 11.7 Å². The van der Waals surface area contributed by atoms with Crippen molar-refractivity contribution < 1.29 is 22.7 Å². The summed E-state index contributed by atoms with van der Waals surface area (Å²) in [7, 11) is 1.62. The molecule has 1 fully saturated rings. The van der Waals surface area contributed by atoms with E-state index >= 15 is 0 Å². The van der Waals surface area contributed by atoms with Crippen LogP contribution >= 0.6 is 11.8 Å². The molecule has 0 atom stereocenters. The van der Waals surface area contributed by atoms with E-state index in [0.717, 1.165) is 28.5 Å². The molecule has 0 unspecified atom stereocenters. The second-order valence-electron chi connectivity index (χ2n) is 8.43. The minimum absolute atomic E-state index is 0.0621. The van der Waals surface area contributed by atoms with E-state index in [2.05, 4.69) is 10.2 Å². The molecule has 3 aromatic rings. The van der Waals surface area contributed by atoms with Crippen LogP contribution in [0.2, 0.25) is 0 Å². The monoisotopic (exact) mass is 519 g/mol. The lowest BCUT2D eigenvalue weighted by Crippen LogP contribution is -2.48. The van der Waals surface area contributed by atoms with Crippen molar-refractivity contribution in [3.05, 3.63) is 59.9 Å². The van der Waals surface area contributed by atoms with Crippen LogP contribution in [0.25, 0.3) is 5.69 Å². The number of alkyl halides is 3. The molecule has 0 saturated carbocycles. The summed E-state index contributed by atoms with van der Waals surface area (Å²) in [6.45, 7) is 3.89. The Morgan fingerprint density at radius 2 is 1.75 bits per heavy atom. The largest absolute Gasteiger partial charge is 0.497 e. The number of anilines is 1. The number of hydrogen-bond donors (Lipinski definition) is 0. The van der Waals surface area contributed by atoms with E-state index in [9.17, 15) is 18.0 Å². The van der Waals surface area contributed by atoms with Gasteiger partial charge in [-0.25, -0.2) is 0 Å². The zero-order valence-corrected chi connectivity index (χ0v) is 21.0. The summed E-state index contributed by atoms with van der Waals surface area (Å²) in [6.07, 6.45) is -3.27. The second kappa shape index (κ2) is 11.2. The molecule has 1 amide bonds. The van der Waals surface area contributed by atoms with E-state index in [1.165, 1.54) is 12.1 Å². The number of halogens is 3. The Kier molecular flexibility index (Phi) is 8.07. The maximum Gasteiger partial charge on any atom is 0.416 e. The predicted octanol–water partition coefficient (Wildman–Crippen LogP) is 4.82. The number of amides is 1. The van der Waals surface area contributed by atoms with E-state index in [0.29, 0.717) is 50.5 Å². The lowest BCUT2D eigenvalue weighted by molar-refractivity contribution is -0.137. The molecule has 1 aromatic heterocycles. The third kappa shape index (κ3) is 6.13. The van der Waals surface area contributed by atoms with Gasteiger partial charge in [0.1, 0.15) is 11.6 Å². The molecule has 192 valence electrons. The molecule has 0 bridgehead atoms. The number of nitrogens with zero attached hydrogens (tertiary/aromatic N) is 5. The minimum atomic E-state index is -4.37. The van der Waals surface area contributed by atoms with Crippen molar-refractivity contribution in [2.24, 2.45) is 0 Å². The topological polar surface area (TPSA) is 63.5 Å². The van der Waals surface area contributed by atoms with Crippen molar-refractivity contribution in [2.75, 3.05) is 43.9 Å². The number of benzene rings is 2. The Bertz CT molecular complexity index is 1180. The summed E-state index contributed by atoms with van der Waals surface area (Å²) in [5, 5.41) is 9.23. The second-order valence-corrected chi connectivity index (χ2v) is 9.49. The van der Waals surface area contributed by atoms with Crippen LogP contribution in [0.15, 0.2) is 53.7 Å². The highest BCUT2D eigenvalue weighted by atomic mass is 32.2. The van der Waals surface area contributed by atoms with E-state index in [4.69, 9.17) is 4.74 Å². The molecule has 0 radical (unpaired) electrons. The first kappa shape index (κ1) is 25.9. The van der Waals surface area contributed by atoms with Gasteiger partial charge in [-0.3, -0.25) is 9.36 Å². The first-order valence-electron chi connectivity index (χ1n) is 11.7. The Labute approximate surface area is 212 Å². The van der Waals surface area contributed by atoms with Crippen LogP contribution in [0.5, 0.6) is 5.75 Å². The van der Waals surface area contributed by atoms with Gasteiger partial charge in [0, 0.05) is 49.7 Å². The van der Waals surface area contributed by atoms with Crippen molar-refractivity contribution in [2.45, 2.75) is 31.1 Å². The van der Waals surface area contributed by atoms with Crippen molar-refractivity contribution >= 4 is 23.4 Å². The summed E-state index contributed by atoms with van der Waals surface area (Å²) < 4.78 is 46.2. The SMILES string of the molecule is COc1ccc(-n2c(C)nnc2SCCCC(=O)N2CCN(c3cccc(C(F)(F)F)c3)CC2)cc1. The first-order valence-corrected chi connectivity index (χ1v) is 12.6. The van der Waals surface area contributed by atoms with Crippen LogP contribution in [0, 0.1) is 6.92 Å². The molecule has 1 saturated heterocycles. The smallest absolute Gasteiger partial charge is 0.416 e. The van der Waals surface area contributed by atoms with Gasteiger partial charge in [-0.05, 0) is 55.8 Å². The van der Waals surface area contributed by atoms with Crippen LogP contribution in [0.4, 0.5) is 18.9 Å². The fourth-order valence-electron chi connectivity index (χ4n) is 4.10.